The number of benzene rings is 3. The van der Waals surface area contributed by atoms with E-state index in [1.807, 2.05) is 0 Å². The first kappa shape index (κ1) is 13.6. The number of rotatable bonds is 3. The van der Waals surface area contributed by atoms with Crippen molar-refractivity contribution in [2.24, 2.45) is 0 Å². The van der Waals surface area contributed by atoms with Crippen molar-refractivity contribution in [3.05, 3.63) is 83.9 Å². The van der Waals surface area contributed by atoms with Crippen molar-refractivity contribution >= 4 is 0 Å². The molecule has 0 heteroatoms. The molecule has 0 fully saturated rings. The van der Waals surface area contributed by atoms with Crippen LogP contribution in [0.5, 0.6) is 0 Å². The van der Waals surface area contributed by atoms with Crippen LogP contribution < -0.4 is 0 Å². The van der Waals surface area contributed by atoms with Crippen molar-refractivity contribution in [3.63, 3.8) is 0 Å². The average Bonchev–Trinajstić information content (AvgIpc) is 2.55. The summed E-state index contributed by atoms with van der Waals surface area (Å²) >= 11 is 0. The Morgan fingerprint density at radius 3 is 2.00 bits per heavy atom. The van der Waals surface area contributed by atoms with Crippen LogP contribution >= 0.6 is 0 Å². The zero-order valence-corrected chi connectivity index (χ0v) is 12.6. The predicted molar refractivity (Wildman–Crippen MR) is 91.4 cm³/mol. The van der Waals surface area contributed by atoms with E-state index in [4.69, 9.17) is 0 Å². The molecule has 0 aromatic heterocycles. The van der Waals surface area contributed by atoms with Gasteiger partial charge < -0.3 is 0 Å². The molecule has 0 bridgehead atoms. The Labute approximate surface area is 127 Å². The minimum atomic E-state index is 1.08. The largest absolute Gasteiger partial charge is 0.0622 e. The number of aryl methyl sites for hydroxylation is 2. The third-order valence-electron chi connectivity index (χ3n) is 3.85. The second-order valence-electron chi connectivity index (χ2n) is 5.51. The van der Waals surface area contributed by atoms with Gasteiger partial charge in [-0.25, -0.2) is 0 Å². The molecular weight excluding hydrogens is 252 g/mol. The standard InChI is InChI=1S/C21H20/c1-3-17-12-16(2)13-21(14-17)20-11-7-10-19(15-20)18-8-5-4-6-9-18/h4-15H,3H2,1-2H3. The molecule has 0 aliphatic heterocycles. The van der Waals surface area contributed by atoms with Crippen molar-refractivity contribution in [1.29, 1.82) is 0 Å². The molecule has 3 aromatic carbocycles. The third-order valence-corrected chi connectivity index (χ3v) is 3.85. The molecular formula is C21H20. The topological polar surface area (TPSA) is 0 Å². The first-order chi connectivity index (χ1) is 10.3. The molecule has 0 N–H and O–H groups in total. The van der Waals surface area contributed by atoms with Gasteiger partial charge in [-0.1, -0.05) is 79.2 Å². The SMILES string of the molecule is CCc1cc(C)cc(-c2cccc(-c3ccccc3)c2)c1. The Hall–Kier alpha value is -2.34. The second kappa shape index (κ2) is 5.97. The third kappa shape index (κ3) is 3.05. The smallest absolute Gasteiger partial charge is 0.0178 e. The number of hydrogen-bond donors (Lipinski definition) is 0. The molecule has 3 rings (SSSR count). The average molecular weight is 272 g/mol. The van der Waals surface area contributed by atoms with Crippen molar-refractivity contribution in [2.75, 3.05) is 0 Å². The van der Waals surface area contributed by atoms with Gasteiger partial charge in [0.05, 0.1) is 0 Å². The maximum absolute atomic E-state index is 2.30. The lowest BCUT2D eigenvalue weighted by molar-refractivity contribution is 1.13. The van der Waals surface area contributed by atoms with Gasteiger partial charge in [-0.3, -0.25) is 0 Å². The zero-order valence-electron chi connectivity index (χ0n) is 12.6. The summed E-state index contributed by atoms with van der Waals surface area (Å²) in [7, 11) is 0. The molecule has 0 unspecified atom stereocenters. The van der Waals surface area contributed by atoms with Crippen LogP contribution in [-0.4, -0.2) is 0 Å². The molecule has 3 aromatic rings. The van der Waals surface area contributed by atoms with Gasteiger partial charge in [0, 0.05) is 0 Å². The lowest BCUT2D eigenvalue weighted by atomic mass is 9.96. The Bertz CT molecular complexity index is 739. The summed E-state index contributed by atoms with van der Waals surface area (Å²) in [5.74, 6) is 0. The fraction of sp³-hybridized carbons (Fsp3) is 0.143. The Balaban J connectivity index is 2.06. The predicted octanol–water partition coefficient (Wildman–Crippen LogP) is 5.89. The van der Waals surface area contributed by atoms with Crippen LogP contribution in [-0.2, 0) is 6.42 Å². The van der Waals surface area contributed by atoms with E-state index >= 15 is 0 Å². The molecule has 0 aliphatic rings. The summed E-state index contributed by atoms with van der Waals surface area (Å²) in [6.45, 7) is 4.38. The van der Waals surface area contributed by atoms with Gasteiger partial charge >= 0.3 is 0 Å². The summed E-state index contributed by atoms with van der Waals surface area (Å²) < 4.78 is 0. The fourth-order valence-corrected chi connectivity index (χ4v) is 2.74. The summed E-state index contributed by atoms with van der Waals surface area (Å²) in [5, 5.41) is 0. The monoisotopic (exact) mass is 272 g/mol. The van der Waals surface area contributed by atoms with Crippen LogP contribution in [0.25, 0.3) is 22.3 Å². The van der Waals surface area contributed by atoms with E-state index < -0.39 is 0 Å². The first-order valence-electron chi connectivity index (χ1n) is 7.52. The van der Waals surface area contributed by atoms with Crippen LogP contribution in [0.3, 0.4) is 0 Å². The van der Waals surface area contributed by atoms with Crippen LogP contribution in [0.2, 0.25) is 0 Å². The van der Waals surface area contributed by atoms with E-state index in [1.165, 1.54) is 33.4 Å². The summed E-state index contributed by atoms with van der Waals surface area (Å²) in [5.41, 5.74) is 7.86. The molecule has 0 amide bonds. The van der Waals surface area contributed by atoms with Crippen LogP contribution in [0, 0.1) is 6.92 Å². The van der Waals surface area contributed by atoms with Crippen LogP contribution in [0.15, 0.2) is 72.8 Å². The van der Waals surface area contributed by atoms with E-state index in [9.17, 15) is 0 Å². The Kier molecular flexibility index (Phi) is 3.87. The maximum atomic E-state index is 2.30. The lowest BCUT2D eigenvalue weighted by Crippen LogP contribution is -1.87. The minimum absolute atomic E-state index is 1.08. The molecule has 0 aliphatic carbocycles. The van der Waals surface area contributed by atoms with Crippen molar-refractivity contribution < 1.29 is 0 Å². The molecule has 104 valence electrons. The molecule has 0 atom stereocenters. The molecule has 0 saturated carbocycles. The van der Waals surface area contributed by atoms with Crippen molar-refractivity contribution in [1.82, 2.24) is 0 Å². The fourth-order valence-electron chi connectivity index (χ4n) is 2.74. The molecule has 21 heavy (non-hydrogen) atoms. The van der Waals surface area contributed by atoms with E-state index in [0.29, 0.717) is 0 Å². The second-order valence-corrected chi connectivity index (χ2v) is 5.51. The molecule has 0 spiro atoms. The highest BCUT2D eigenvalue weighted by Crippen LogP contribution is 2.27. The van der Waals surface area contributed by atoms with E-state index in [-0.39, 0.29) is 0 Å². The Morgan fingerprint density at radius 2 is 1.29 bits per heavy atom. The molecule has 0 saturated heterocycles. The molecule has 0 heterocycles. The zero-order chi connectivity index (χ0) is 14.7. The summed E-state index contributed by atoms with van der Waals surface area (Å²) in [6, 6.07) is 26.2. The number of hydrogen-bond acceptors (Lipinski definition) is 0. The highest BCUT2D eigenvalue weighted by molar-refractivity contribution is 5.73. The Morgan fingerprint density at radius 1 is 0.619 bits per heavy atom. The van der Waals surface area contributed by atoms with Crippen molar-refractivity contribution in [2.45, 2.75) is 20.3 Å². The van der Waals surface area contributed by atoms with Crippen molar-refractivity contribution in [3.8, 4) is 22.3 Å². The summed E-state index contributed by atoms with van der Waals surface area (Å²) in [4.78, 5) is 0. The van der Waals surface area contributed by atoms with Gasteiger partial charge in [-0.15, -0.1) is 0 Å². The maximum Gasteiger partial charge on any atom is -0.0178 e. The normalized spacial score (nSPS) is 10.6. The van der Waals surface area contributed by atoms with E-state index in [0.717, 1.165) is 6.42 Å². The minimum Gasteiger partial charge on any atom is -0.0622 e. The van der Waals surface area contributed by atoms with E-state index in [2.05, 4.69) is 86.6 Å². The van der Waals surface area contributed by atoms with Gasteiger partial charge in [0.25, 0.3) is 0 Å². The van der Waals surface area contributed by atoms with Gasteiger partial charge in [0.1, 0.15) is 0 Å². The van der Waals surface area contributed by atoms with E-state index in [1.54, 1.807) is 0 Å². The van der Waals surface area contributed by atoms with Gasteiger partial charge in [0.2, 0.25) is 0 Å². The van der Waals surface area contributed by atoms with Gasteiger partial charge in [-0.2, -0.15) is 0 Å². The lowest BCUT2D eigenvalue weighted by Gasteiger charge is -2.09. The molecule has 0 nitrogen and oxygen atoms in total. The van der Waals surface area contributed by atoms with Crippen LogP contribution in [0.1, 0.15) is 18.1 Å². The highest BCUT2D eigenvalue weighted by Gasteiger charge is 2.03. The first-order valence-corrected chi connectivity index (χ1v) is 7.52. The van der Waals surface area contributed by atoms with Gasteiger partial charge in [-0.05, 0) is 47.2 Å². The van der Waals surface area contributed by atoms with Crippen LogP contribution in [0.4, 0.5) is 0 Å². The van der Waals surface area contributed by atoms with Gasteiger partial charge in [0.15, 0.2) is 0 Å². The highest BCUT2D eigenvalue weighted by atomic mass is 14.1. The molecule has 0 radical (unpaired) electrons. The summed E-state index contributed by atoms with van der Waals surface area (Å²) in [6.07, 6.45) is 1.08. The quantitative estimate of drug-likeness (QED) is 0.557.